The molecule has 0 aliphatic heterocycles. The highest BCUT2D eigenvalue weighted by Crippen LogP contribution is 2.32. The Balaban J connectivity index is 2.07. The Labute approximate surface area is 113 Å². The van der Waals surface area contributed by atoms with E-state index in [0.29, 0.717) is 17.6 Å². The van der Waals surface area contributed by atoms with E-state index in [1.54, 1.807) is 12.1 Å². The largest absolute Gasteiger partial charge is 0.490 e. The van der Waals surface area contributed by atoms with E-state index in [0.717, 1.165) is 12.8 Å². The van der Waals surface area contributed by atoms with Gasteiger partial charge in [-0.2, -0.15) is 0 Å². The van der Waals surface area contributed by atoms with Crippen LogP contribution in [0.5, 0.6) is 5.75 Å². The minimum Gasteiger partial charge on any atom is -0.490 e. The SMILES string of the molecule is CC1CC(C)CC(Oc2ccc(C(=O)O)c(N)c2)C1. The lowest BCUT2D eigenvalue weighted by Gasteiger charge is -2.31. The van der Waals surface area contributed by atoms with E-state index in [4.69, 9.17) is 15.6 Å². The van der Waals surface area contributed by atoms with Gasteiger partial charge in [0.2, 0.25) is 0 Å². The first kappa shape index (κ1) is 13.7. The van der Waals surface area contributed by atoms with Crippen molar-refractivity contribution in [2.75, 3.05) is 5.73 Å². The Morgan fingerprint density at radius 3 is 2.42 bits per heavy atom. The van der Waals surface area contributed by atoms with Crippen molar-refractivity contribution in [3.8, 4) is 5.75 Å². The summed E-state index contributed by atoms with van der Waals surface area (Å²) >= 11 is 0. The predicted molar refractivity (Wildman–Crippen MR) is 74.4 cm³/mol. The van der Waals surface area contributed by atoms with Crippen molar-refractivity contribution in [3.63, 3.8) is 0 Å². The zero-order chi connectivity index (χ0) is 14.0. The van der Waals surface area contributed by atoms with Gasteiger partial charge in [0, 0.05) is 11.8 Å². The van der Waals surface area contributed by atoms with Crippen LogP contribution in [-0.2, 0) is 0 Å². The number of aromatic carboxylic acids is 1. The number of benzene rings is 1. The molecule has 1 aromatic carbocycles. The molecule has 1 saturated carbocycles. The first-order chi connectivity index (χ1) is 8.95. The van der Waals surface area contributed by atoms with Gasteiger partial charge in [-0.05, 0) is 43.2 Å². The zero-order valence-electron chi connectivity index (χ0n) is 11.4. The third kappa shape index (κ3) is 3.40. The van der Waals surface area contributed by atoms with Crippen LogP contribution >= 0.6 is 0 Å². The van der Waals surface area contributed by atoms with Crippen LogP contribution in [0.4, 0.5) is 5.69 Å². The highest BCUT2D eigenvalue weighted by Gasteiger charge is 2.25. The third-order valence-corrected chi connectivity index (χ3v) is 3.69. The van der Waals surface area contributed by atoms with E-state index in [1.807, 2.05) is 0 Å². The summed E-state index contributed by atoms with van der Waals surface area (Å²) < 4.78 is 5.94. The van der Waals surface area contributed by atoms with Gasteiger partial charge in [-0.3, -0.25) is 0 Å². The summed E-state index contributed by atoms with van der Waals surface area (Å²) in [6, 6.07) is 4.79. The minimum absolute atomic E-state index is 0.123. The molecule has 0 aromatic heterocycles. The number of nitrogens with two attached hydrogens (primary N) is 1. The van der Waals surface area contributed by atoms with Gasteiger partial charge in [0.25, 0.3) is 0 Å². The van der Waals surface area contributed by atoms with Crippen LogP contribution in [0.15, 0.2) is 18.2 Å². The van der Waals surface area contributed by atoms with Crippen molar-refractivity contribution in [2.24, 2.45) is 11.8 Å². The summed E-state index contributed by atoms with van der Waals surface area (Å²) in [4.78, 5) is 10.9. The van der Waals surface area contributed by atoms with Gasteiger partial charge in [0.15, 0.2) is 0 Å². The fourth-order valence-electron chi connectivity index (χ4n) is 2.97. The summed E-state index contributed by atoms with van der Waals surface area (Å²) in [5.74, 6) is 0.992. The van der Waals surface area contributed by atoms with Crippen molar-refractivity contribution >= 4 is 11.7 Å². The van der Waals surface area contributed by atoms with Gasteiger partial charge in [-0.25, -0.2) is 4.79 Å². The number of hydrogen-bond acceptors (Lipinski definition) is 3. The summed E-state index contributed by atoms with van der Waals surface area (Å²) in [5, 5.41) is 8.93. The molecular formula is C15H21NO3. The second-order valence-corrected chi connectivity index (χ2v) is 5.71. The number of hydrogen-bond donors (Lipinski definition) is 2. The summed E-state index contributed by atoms with van der Waals surface area (Å²) in [6.45, 7) is 4.49. The first-order valence-electron chi connectivity index (χ1n) is 6.75. The minimum atomic E-state index is -1.01. The van der Waals surface area contributed by atoms with E-state index >= 15 is 0 Å². The van der Waals surface area contributed by atoms with Gasteiger partial charge in [-0.1, -0.05) is 13.8 Å². The Morgan fingerprint density at radius 1 is 1.26 bits per heavy atom. The van der Waals surface area contributed by atoms with Crippen LogP contribution in [0.25, 0.3) is 0 Å². The molecule has 0 heterocycles. The Bertz CT molecular complexity index is 462. The second kappa shape index (κ2) is 5.51. The molecule has 0 bridgehead atoms. The molecule has 1 aliphatic rings. The number of anilines is 1. The van der Waals surface area contributed by atoms with E-state index < -0.39 is 5.97 Å². The molecular weight excluding hydrogens is 242 g/mol. The van der Waals surface area contributed by atoms with Crippen molar-refractivity contribution < 1.29 is 14.6 Å². The van der Waals surface area contributed by atoms with Gasteiger partial charge >= 0.3 is 5.97 Å². The number of ether oxygens (including phenoxy) is 1. The lowest BCUT2D eigenvalue weighted by atomic mass is 9.82. The average Bonchev–Trinajstić information content (AvgIpc) is 2.26. The summed E-state index contributed by atoms with van der Waals surface area (Å²) in [5.41, 5.74) is 6.10. The van der Waals surface area contributed by atoms with Crippen LogP contribution in [0.3, 0.4) is 0 Å². The van der Waals surface area contributed by atoms with E-state index in [1.165, 1.54) is 12.5 Å². The van der Waals surface area contributed by atoms with Gasteiger partial charge in [0.1, 0.15) is 5.75 Å². The molecule has 2 atom stereocenters. The van der Waals surface area contributed by atoms with Crippen molar-refractivity contribution in [1.82, 2.24) is 0 Å². The van der Waals surface area contributed by atoms with Crippen LogP contribution in [0.1, 0.15) is 43.5 Å². The molecule has 1 fully saturated rings. The number of nitrogen functional groups attached to an aromatic ring is 1. The molecule has 2 unspecified atom stereocenters. The normalized spacial score (nSPS) is 26.9. The molecule has 1 aromatic rings. The highest BCUT2D eigenvalue weighted by molar-refractivity contribution is 5.93. The molecule has 4 heteroatoms. The Morgan fingerprint density at radius 2 is 1.89 bits per heavy atom. The monoisotopic (exact) mass is 263 g/mol. The number of carboxylic acids is 1. The molecule has 104 valence electrons. The third-order valence-electron chi connectivity index (χ3n) is 3.69. The molecule has 0 amide bonds. The van der Waals surface area contributed by atoms with Gasteiger partial charge < -0.3 is 15.6 Å². The van der Waals surface area contributed by atoms with Crippen molar-refractivity contribution in [1.29, 1.82) is 0 Å². The summed E-state index contributed by atoms with van der Waals surface area (Å²) in [7, 11) is 0. The topological polar surface area (TPSA) is 72.5 Å². The fourth-order valence-corrected chi connectivity index (χ4v) is 2.97. The first-order valence-corrected chi connectivity index (χ1v) is 6.75. The van der Waals surface area contributed by atoms with Crippen LogP contribution in [-0.4, -0.2) is 17.2 Å². The Kier molecular flexibility index (Phi) is 3.98. The predicted octanol–water partition coefficient (Wildman–Crippen LogP) is 3.17. The zero-order valence-corrected chi connectivity index (χ0v) is 11.4. The molecule has 3 N–H and O–H groups in total. The van der Waals surface area contributed by atoms with Crippen LogP contribution in [0.2, 0.25) is 0 Å². The van der Waals surface area contributed by atoms with Crippen LogP contribution in [0, 0.1) is 11.8 Å². The molecule has 1 aliphatic carbocycles. The smallest absolute Gasteiger partial charge is 0.337 e. The Hall–Kier alpha value is -1.71. The number of carboxylic acid groups (broad SMARTS) is 1. The van der Waals surface area contributed by atoms with E-state index in [-0.39, 0.29) is 17.4 Å². The molecule has 4 nitrogen and oxygen atoms in total. The van der Waals surface area contributed by atoms with Gasteiger partial charge in [0.05, 0.1) is 11.7 Å². The number of carbonyl (C=O) groups is 1. The molecule has 19 heavy (non-hydrogen) atoms. The molecule has 2 rings (SSSR count). The maximum absolute atomic E-state index is 10.9. The van der Waals surface area contributed by atoms with E-state index in [9.17, 15) is 4.79 Å². The van der Waals surface area contributed by atoms with Crippen molar-refractivity contribution in [3.05, 3.63) is 23.8 Å². The standard InChI is InChI=1S/C15H21NO3/c1-9-5-10(2)7-12(6-9)19-11-3-4-13(15(17)18)14(16)8-11/h3-4,8-10,12H,5-7,16H2,1-2H3,(H,17,18). The second-order valence-electron chi connectivity index (χ2n) is 5.71. The number of rotatable bonds is 3. The van der Waals surface area contributed by atoms with Crippen LogP contribution < -0.4 is 10.5 Å². The average molecular weight is 263 g/mol. The molecule has 0 spiro atoms. The lowest BCUT2D eigenvalue weighted by molar-refractivity contribution is 0.0698. The lowest BCUT2D eigenvalue weighted by Crippen LogP contribution is -2.28. The fraction of sp³-hybridized carbons (Fsp3) is 0.533. The van der Waals surface area contributed by atoms with Gasteiger partial charge in [-0.15, -0.1) is 0 Å². The van der Waals surface area contributed by atoms with Crippen molar-refractivity contribution in [2.45, 2.75) is 39.2 Å². The molecule has 0 saturated heterocycles. The quantitative estimate of drug-likeness (QED) is 0.821. The maximum Gasteiger partial charge on any atom is 0.337 e. The van der Waals surface area contributed by atoms with E-state index in [2.05, 4.69) is 13.8 Å². The summed E-state index contributed by atoms with van der Waals surface area (Å²) in [6.07, 6.45) is 3.55. The highest BCUT2D eigenvalue weighted by atomic mass is 16.5. The molecule has 0 radical (unpaired) electrons. The maximum atomic E-state index is 10.9.